The molecule has 6 nitrogen and oxygen atoms in total. The molecule has 0 bridgehead atoms. The van der Waals surface area contributed by atoms with E-state index in [4.69, 9.17) is 9.47 Å². The Labute approximate surface area is 150 Å². The van der Waals surface area contributed by atoms with Crippen molar-refractivity contribution in [3.05, 3.63) is 24.3 Å². The molecule has 140 valence electrons. The summed E-state index contributed by atoms with van der Waals surface area (Å²) in [5.41, 5.74) is -0.0496. The van der Waals surface area contributed by atoms with Gasteiger partial charge in [0.1, 0.15) is 5.75 Å². The molecule has 2 aliphatic rings. The molecule has 1 unspecified atom stereocenters. The summed E-state index contributed by atoms with van der Waals surface area (Å²) in [6.45, 7) is 5.60. The minimum absolute atomic E-state index is 0.0496. The van der Waals surface area contributed by atoms with E-state index in [-0.39, 0.29) is 5.54 Å². The molecule has 1 aromatic rings. The molecule has 2 saturated heterocycles. The number of hydrogen-bond acceptors (Lipinski definition) is 5. The van der Waals surface area contributed by atoms with Crippen molar-refractivity contribution >= 4 is 10.0 Å². The highest BCUT2D eigenvalue weighted by molar-refractivity contribution is 7.89. The Hall–Kier alpha value is -1.15. The first-order valence-corrected chi connectivity index (χ1v) is 10.3. The van der Waals surface area contributed by atoms with Crippen LogP contribution in [0.3, 0.4) is 0 Å². The van der Waals surface area contributed by atoms with E-state index in [1.54, 1.807) is 35.7 Å². The molecule has 0 amide bonds. The van der Waals surface area contributed by atoms with Gasteiger partial charge < -0.3 is 9.47 Å². The van der Waals surface area contributed by atoms with Crippen molar-refractivity contribution in [2.45, 2.75) is 30.2 Å². The van der Waals surface area contributed by atoms with Gasteiger partial charge in [-0.2, -0.15) is 4.31 Å². The minimum atomic E-state index is -3.47. The maximum Gasteiger partial charge on any atom is 0.243 e. The summed E-state index contributed by atoms with van der Waals surface area (Å²) in [6.07, 6.45) is 2.11. The van der Waals surface area contributed by atoms with E-state index < -0.39 is 10.0 Å². The third kappa shape index (κ3) is 3.56. The fourth-order valence-electron chi connectivity index (χ4n) is 3.90. The molecule has 2 heterocycles. The lowest BCUT2D eigenvalue weighted by Crippen LogP contribution is -2.72. The number of likely N-dealkylation sites (tertiary alicyclic amines) is 1. The Morgan fingerprint density at radius 2 is 2.08 bits per heavy atom. The van der Waals surface area contributed by atoms with Crippen LogP contribution < -0.4 is 4.74 Å². The van der Waals surface area contributed by atoms with Gasteiger partial charge in [-0.15, -0.1) is 0 Å². The van der Waals surface area contributed by atoms with E-state index >= 15 is 0 Å². The smallest absolute Gasteiger partial charge is 0.243 e. The van der Waals surface area contributed by atoms with Crippen LogP contribution in [0.15, 0.2) is 29.2 Å². The molecule has 0 radical (unpaired) electrons. The van der Waals surface area contributed by atoms with Crippen LogP contribution in [0, 0.1) is 5.92 Å². The zero-order chi connectivity index (χ0) is 18.1. The normalized spacial score (nSPS) is 24.2. The molecule has 2 fully saturated rings. The molecule has 0 saturated carbocycles. The van der Waals surface area contributed by atoms with Crippen molar-refractivity contribution in [1.29, 1.82) is 0 Å². The van der Waals surface area contributed by atoms with Crippen LogP contribution in [0.25, 0.3) is 0 Å². The molecule has 1 aromatic carbocycles. The summed E-state index contributed by atoms with van der Waals surface area (Å²) in [4.78, 5) is 2.62. The number of nitrogens with zero attached hydrogens (tertiary/aromatic N) is 2. The number of benzene rings is 1. The predicted octanol–water partition coefficient (Wildman–Crippen LogP) is 1.82. The van der Waals surface area contributed by atoms with Crippen molar-refractivity contribution in [2.24, 2.45) is 5.92 Å². The van der Waals surface area contributed by atoms with Crippen molar-refractivity contribution in [2.75, 3.05) is 47.0 Å². The third-order valence-electron chi connectivity index (χ3n) is 5.53. The maximum absolute atomic E-state index is 12.9. The van der Waals surface area contributed by atoms with Crippen molar-refractivity contribution in [1.82, 2.24) is 9.21 Å². The van der Waals surface area contributed by atoms with Gasteiger partial charge in [0.15, 0.2) is 0 Å². The Bertz CT molecular complexity index is 699. The summed E-state index contributed by atoms with van der Waals surface area (Å²) in [5, 5.41) is 0. The Morgan fingerprint density at radius 3 is 2.76 bits per heavy atom. The SMILES string of the molecule is CCOCC1CCN(C)C2(C1)CN(S(=O)(=O)c1cccc(OC)c1)C2. The maximum atomic E-state index is 12.9. The van der Waals surface area contributed by atoms with Crippen molar-refractivity contribution in [3.8, 4) is 5.75 Å². The molecule has 3 rings (SSSR count). The fraction of sp³-hybridized carbons (Fsp3) is 0.667. The molecule has 7 heteroatoms. The summed E-state index contributed by atoms with van der Waals surface area (Å²) >= 11 is 0. The van der Waals surface area contributed by atoms with Gasteiger partial charge in [-0.25, -0.2) is 8.42 Å². The predicted molar refractivity (Wildman–Crippen MR) is 96.3 cm³/mol. The summed E-state index contributed by atoms with van der Waals surface area (Å²) in [7, 11) is 0.172. The standard InChI is InChI=1S/C18H28N2O4S/c1-4-24-12-15-8-9-19(2)18(11-15)13-20(14-18)25(21,22)17-7-5-6-16(10-17)23-3/h5-7,10,15H,4,8-9,11-14H2,1-3H3. The van der Waals surface area contributed by atoms with Gasteiger partial charge in [-0.05, 0) is 51.4 Å². The highest BCUT2D eigenvalue weighted by Crippen LogP contribution is 2.40. The molecule has 0 aromatic heterocycles. The van der Waals surface area contributed by atoms with E-state index in [2.05, 4.69) is 11.9 Å². The lowest BCUT2D eigenvalue weighted by atomic mass is 9.77. The number of methoxy groups -OCH3 is 1. The third-order valence-corrected chi connectivity index (χ3v) is 7.32. The molecule has 2 aliphatic heterocycles. The van der Waals surface area contributed by atoms with Gasteiger partial charge >= 0.3 is 0 Å². The van der Waals surface area contributed by atoms with Gasteiger partial charge in [0.25, 0.3) is 0 Å². The van der Waals surface area contributed by atoms with Crippen LogP contribution in [0.4, 0.5) is 0 Å². The summed E-state index contributed by atoms with van der Waals surface area (Å²) in [5.74, 6) is 1.07. The van der Waals surface area contributed by atoms with Crippen molar-refractivity contribution in [3.63, 3.8) is 0 Å². The topological polar surface area (TPSA) is 59.1 Å². The second kappa shape index (κ2) is 7.23. The van der Waals surface area contributed by atoms with E-state index in [0.29, 0.717) is 29.7 Å². The van der Waals surface area contributed by atoms with Gasteiger partial charge in [-0.1, -0.05) is 6.07 Å². The van der Waals surface area contributed by atoms with Crippen LogP contribution in [-0.2, 0) is 14.8 Å². The lowest BCUT2D eigenvalue weighted by Gasteiger charge is -2.57. The zero-order valence-corrected chi connectivity index (χ0v) is 16.1. The van der Waals surface area contributed by atoms with E-state index in [9.17, 15) is 8.42 Å². The van der Waals surface area contributed by atoms with Crippen LogP contribution in [-0.4, -0.2) is 70.2 Å². The minimum Gasteiger partial charge on any atom is -0.497 e. The number of rotatable bonds is 6. The molecule has 1 atom stereocenters. The monoisotopic (exact) mass is 368 g/mol. The molecule has 25 heavy (non-hydrogen) atoms. The first kappa shape index (κ1) is 18.6. The Kier molecular flexibility index (Phi) is 5.39. The highest BCUT2D eigenvalue weighted by atomic mass is 32.2. The van der Waals surface area contributed by atoms with E-state index in [1.807, 2.05) is 6.92 Å². The van der Waals surface area contributed by atoms with Gasteiger partial charge in [0, 0.05) is 37.9 Å². The molecule has 1 spiro atoms. The zero-order valence-electron chi connectivity index (χ0n) is 15.3. The summed E-state index contributed by atoms with van der Waals surface area (Å²) in [6, 6.07) is 6.68. The Balaban J connectivity index is 1.71. The highest BCUT2D eigenvalue weighted by Gasteiger charge is 2.53. The molecular weight excluding hydrogens is 340 g/mol. The number of hydrogen-bond donors (Lipinski definition) is 0. The molecule has 0 aliphatic carbocycles. The number of ether oxygens (including phenoxy) is 2. The van der Waals surface area contributed by atoms with Crippen molar-refractivity contribution < 1.29 is 17.9 Å². The van der Waals surface area contributed by atoms with E-state index in [0.717, 1.165) is 32.6 Å². The lowest BCUT2D eigenvalue weighted by molar-refractivity contribution is -0.0576. The fourth-order valence-corrected chi connectivity index (χ4v) is 5.53. The first-order valence-electron chi connectivity index (χ1n) is 8.84. The van der Waals surface area contributed by atoms with Gasteiger partial charge in [-0.3, -0.25) is 4.90 Å². The number of sulfonamides is 1. The summed E-state index contributed by atoms with van der Waals surface area (Å²) < 4.78 is 38.1. The van der Waals surface area contributed by atoms with Gasteiger partial charge in [0.2, 0.25) is 10.0 Å². The molecular formula is C18H28N2O4S. The van der Waals surface area contributed by atoms with Gasteiger partial charge in [0.05, 0.1) is 12.0 Å². The largest absolute Gasteiger partial charge is 0.497 e. The van der Waals surface area contributed by atoms with Crippen LogP contribution in [0.5, 0.6) is 5.75 Å². The Morgan fingerprint density at radius 1 is 1.32 bits per heavy atom. The average Bonchev–Trinajstić information content (AvgIpc) is 2.59. The molecule has 0 N–H and O–H groups in total. The van der Waals surface area contributed by atoms with E-state index in [1.165, 1.54) is 0 Å². The first-order chi connectivity index (χ1) is 11.9. The van der Waals surface area contributed by atoms with Crippen LogP contribution in [0.2, 0.25) is 0 Å². The quantitative estimate of drug-likeness (QED) is 0.767. The second-order valence-corrected chi connectivity index (χ2v) is 9.05. The number of piperidine rings is 1. The number of likely N-dealkylation sites (N-methyl/N-ethyl adjacent to an activating group) is 1. The average molecular weight is 368 g/mol. The van der Waals surface area contributed by atoms with Crippen LogP contribution in [0.1, 0.15) is 19.8 Å². The second-order valence-electron chi connectivity index (χ2n) is 7.12. The van der Waals surface area contributed by atoms with Crippen LogP contribution >= 0.6 is 0 Å².